The minimum atomic E-state index is 0. The van der Waals surface area contributed by atoms with Crippen LogP contribution in [0.3, 0.4) is 0 Å². The molecule has 2 rings (SSSR count). The lowest BCUT2D eigenvalue weighted by atomic mass is 9.98. The van der Waals surface area contributed by atoms with Gasteiger partial charge in [0, 0.05) is 38.5 Å². The Morgan fingerprint density at radius 3 is 2.62 bits per heavy atom. The minimum absolute atomic E-state index is 0. The molecule has 1 aliphatic heterocycles. The molecule has 122 valence electrons. The van der Waals surface area contributed by atoms with Crippen molar-refractivity contribution in [3.05, 3.63) is 0 Å². The summed E-state index contributed by atoms with van der Waals surface area (Å²) in [7, 11) is 0. The number of hydrogen-bond donors (Lipinski definition) is 2. The average Bonchev–Trinajstić information content (AvgIpc) is 2.91. The fourth-order valence-corrected chi connectivity index (χ4v) is 3.42. The second kappa shape index (κ2) is 7.99. The molecule has 0 aromatic carbocycles. The molecule has 21 heavy (non-hydrogen) atoms. The quantitative estimate of drug-likeness (QED) is 0.799. The fourth-order valence-electron chi connectivity index (χ4n) is 3.42. The fraction of sp³-hybridized carbons (Fsp3) is 0.867. The van der Waals surface area contributed by atoms with Crippen LogP contribution in [0.1, 0.15) is 39.5 Å². The van der Waals surface area contributed by atoms with Gasteiger partial charge in [-0.2, -0.15) is 0 Å². The maximum Gasteiger partial charge on any atom is 0.224 e. The Bertz CT molecular complexity index is 376. The predicted molar refractivity (Wildman–Crippen MR) is 85.1 cm³/mol. The zero-order valence-corrected chi connectivity index (χ0v) is 13.8. The number of nitrogens with two attached hydrogens (primary N) is 1. The molecule has 3 atom stereocenters. The highest BCUT2D eigenvalue weighted by Crippen LogP contribution is 2.37. The van der Waals surface area contributed by atoms with E-state index >= 15 is 0 Å². The summed E-state index contributed by atoms with van der Waals surface area (Å²) in [6.45, 7) is 6.14. The summed E-state index contributed by atoms with van der Waals surface area (Å²) in [4.78, 5) is 25.6. The lowest BCUT2D eigenvalue weighted by molar-refractivity contribution is -0.130. The van der Waals surface area contributed by atoms with E-state index in [9.17, 15) is 9.59 Å². The molecule has 0 aromatic rings. The van der Waals surface area contributed by atoms with Crippen molar-refractivity contribution >= 4 is 24.2 Å². The third-order valence-corrected chi connectivity index (χ3v) is 4.52. The third kappa shape index (κ3) is 4.85. The maximum absolute atomic E-state index is 12.1. The number of likely N-dealkylation sites (tertiary alicyclic amines) is 1. The van der Waals surface area contributed by atoms with Gasteiger partial charge in [-0.25, -0.2) is 0 Å². The number of carbonyl (C=O) groups is 2. The zero-order valence-electron chi connectivity index (χ0n) is 13.0. The van der Waals surface area contributed by atoms with E-state index in [1.807, 2.05) is 18.7 Å². The monoisotopic (exact) mass is 317 g/mol. The van der Waals surface area contributed by atoms with E-state index in [-0.39, 0.29) is 30.3 Å². The molecule has 0 bridgehead atoms. The minimum Gasteiger partial charge on any atom is -0.356 e. The first-order chi connectivity index (χ1) is 9.47. The van der Waals surface area contributed by atoms with Crippen molar-refractivity contribution in [2.45, 2.75) is 45.6 Å². The summed E-state index contributed by atoms with van der Waals surface area (Å²) in [5.74, 6) is 1.63. The van der Waals surface area contributed by atoms with Crippen LogP contribution < -0.4 is 11.1 Å². The number of nitrogens with one attached hydrogen (secondary N) is 1. The molecule has 0 spiro atoms. The second-order valence-corrected chi connectivity index (χ2v) is 6.66. The van der Waals surface area contributed by atoms with Crippen molar-refractivity contribution in [1.82, 2.24) is 10.2 Å². The molecule has 2 aliphatic rings. The van der Waals surface area contributed by atoms with Crippen LogP contribution in [0.15, 0.2) is 0 Å². The Hall–Kier alpha value is -0.810. The number of amides is 2. The Kier molecular flexibility index (Phi) is 6.94. The van der Waals surface area contributed by atoms with Crippen LogP contribution in [0, 0.1) is 17.8 Å². The van der Waals surface area contributed by atoms with Gasteiger partial charge in [0.2, 0.25) is 11.8 Å². The smallest absolute Gasteiger partial charge is 0.224 e. The molecular formula is C15H28ClN3O2. The van der Waals surface area contributed by atoms with Crippen molar-refractivity contribution in [2.75, 3.05) is 19.6 Å². The highest BCUT2D eigenvalue weighted by molar-refractivity contribution is 5.85. The number of rotatable bonds is 5. The van der Waals surface area contributed by atoms with Crippen molar-refractivity contribution in [3.8, 4) is 0 Å². The molecule has 6 heteroatoms. The Balaban J connectivity index is 0.00000220. The number of fused-ring (bicyclic) bond motifs is 1. The van der Waals surface area contributed by atoms with Gasteiger partial charge < -0.3 is 16.0 Å². The largest absolute Gasteiger partial charge is 0.356 e. The Morgan fingerprint density at radius 1 is 1.29 bits per heavy atom. The van der Waals surface area contributed by atoms with Gasteiger partial charge in [0.1, 0.15) is 0 Å². The SMILES string of the molecule is CC(C)CC(=O)NCCC(=O)N1CC2CCC(N)C2C1.Cl. The van der Waals surface area contributed by atoms with Gasteiger partial charge in [-0.05, 0) is 30.6 Å². The highest BCUT2D eigenvalue weighted by atomic mass is 35.5. The van der Waals surface area contributed by atoms with Gasteiger partial charge in [0.05, 0.1) is 0 Å². The van der Waals surface area contributed by atoms with E-state index in [0.29, 0.717) is 37.1 Å². The van der Waals surface area contributed by atoms with Gasteiger partial charge in [0.25, 0.3) is 0 Å². The van der Waals surface area contributed by atoms with Crippen molar-refractivity contribution in [1.29, 1.82) is 0 Å². The molecular weight excluding hydrogens is 290 g/mol. The van der Waals surface area contributed by atoms with Crippen molar-refractivity contribution in [3.63, 3.8) is 0 Å². The van der Waals surface area contributed by atoms with Crippen LogP contribution in [0.4, 0.5) is 0 Å². The average molecular weight is 318 g/mol. The van der Waals surface area contributed by atoms with E-state index in [4.69, 9.17) is 5.73 Å². The molecule has 3 unspecified atom stereocenters. The van der Waals surface area contributed by atoms with E-state index in [0.717, 1.165) is 25.9 Å². The maximum atomic E-state index is 12.1. The normalized spacial score (nSPS) is 27.4. The van der Waals surface area contributed by atoms with Crippen LogP contribution >= 0.6 is 12.4 Å². The number of hydrogen-bond acceptors (Lipinski definition) is 3. The summed E-state index contributed by atoms with van der Waals surface area (Å²) in [6.07, 6.45) is 3.18. The molecule has 3 N–H and O–H groups in total. The van der Waals surface area contributed by atoms with Crippen LogP contribution in [0.2, 0.25) is 0 Å². The Labute approximate surface area is 133 Å². The predicted octanol–water partition coefficient (Wildman–Crippen LogP) is 1.16. The molecule has 1 saturated heterocycles. The number of carbonyl (C=O) groups excluding carboxylic acids is 2. The molecule has 1 heterocycles. The summed E-state index contributed by atoms with van der Waals surface area (Å²) in [5.41, 5.74) is 6.07. The topological polar surface area (TPSA) is 75.4 Å². The van der Waals surface area contributed by atoms with Gasteiger partial charge in [0.15, 0.2) is 0 Å². The third-order valence-electron chi connectivity index (χ3n) is 4.52. The first-order valence-corrected chi connectivity index (χ1v) is 7.77. The summed E-state index contributed by atoms with van der Waals surface area (Å²) < 4.78 is 0. The first-order valence-electron chi connectivity index (χ1n) is 7.77. The van der Waals surface area contributed by atoms with E-state index in [1.165, 1.54) is 0 Å². The first kappa shape index (κ1) is 18.2. The number of nitrogens with zero attached hydrogens (tertiary/aromatic N) is 1. The zero-order chi connectivity index (χ0) is 14.7. The summed E-state index contributed by atoms with van der Waals surface area (Å²) >= 11 is 0. The standard InChI is InChI=1S/C15H27N3O2.ClH/c1-10(2)7-14(19)17-6-5-15(20)18-8-11-3-4-13(16)12(11)9-18;/h10-13H,3-9,16H2,1-2H3,(H,17,19);1H. The lowest BCUT2D eigenvalue weighted by Gasteiger charge is -2.19. The lowest BCUT2D eigenvalue weighted by Crippen LogP contribution is -2.35. The van der Waals surface area contributed by atoms with Gasteiger partial charge >= 0.3 is 0 Å². The van der Waals surface area contributed by atoms with E-state index < -0.39 is 0 Å². The molecule has 1 saturated carbocycles. The summed E-state index contributed by atoms with van der Waals surface area (Å²) in [6, 6.07) is 0.267. The molecule has 5 nitrogen and oxygen atoms in total. The van der Waals surface area contributed by atoms with Crippen LogP contribution in [-0.4, -0.2) is 42.4 Å². The van der Waals surface area contributed by atoms with Gasteiger partial charge in [-0.15, -0.1) is 12.4 Å². The van der Waals surface area contributed by atoms with Crippen molar-refractivity contribution < 1.29 is 9.59 Å². The highest BCUT2D eigenvalue weighted by Gasteiger charge is 2.42. The van der Waals surface area contributed by atoms with Crippen molar-refractivity contribution in [2.24, 2.45) is 23.5 Å². The molecule has 0 aromatic heterocycles. The molecule has 2 amide bonds. The van der Waals surface area contributed by atoms with Crippen LogP contribution in [-0.2, 0) is 9.59 Å². The summed E-state index contributed by atoms with van der Waals surface area (Å²) in [5, 5.41) is 2.82. The van der Waals surface area contributed by atoms with Crippen LogP contribution in [0.5, 0.6) is 0 Å². The van der Waals surface area contributed by atoms with E-state index in [1.54, 1.807) is 0 Å². The van der Waals surface area contributed by atoms with Crippen LogP contribution in [0.25, 0.3) is 0 Å². The molecule has 1 aliphatic carbocycles. The van der Waals surface area contributed by atoms with E-state index in [2.05, 4.69) is 5.32 Å². The Morgan fingerprint density at radius 2 is 2.00 bits per heavy atom. The van der Waals surface area contributed by atoms with Gasteiger partial charge in [-0.1, -0.05) is 13.8 Å². The number of halogens is 1. The van der Waals surface area contributed by atoms with Gasteiger partial charge in [-0.3, -0.25) is 9.59 Å². The molecule has 2 fully saturated rings. The molecule has 0 radical (unpaired) electrons. The second-order valence-electron chi connectivity index (χ2n) is 6.66.